The number of amides is 4. The summed E-state index contributed by atoms with van der Waals surface area (Å²) in [6.07, 6.45) is 1.55. The molecule has 2 aromatic rings. The van der Waals surface area contributed by atoms with E-state index in [0.717, 1.165) is 20.2 Å². The van der Waals surface area contributed by atoms with Crippen molar-refractivity contribution < 1.29 is 33.4 Å². The average Bonchev–Trinajstić information content (AvgIpc) is 3.16. The maximum absolute atomic E-state index is 12.8. The molecule has 2 fully saturated rings. The number of imide groups is 1. The molecule has 2 aromatic carbocycles. The number of nitrogens with zero attached hydrogens (tertiary/aromatic N) is 2. The van der Waals surface area contributed by atoms with E-state index in [-0.39, 0.29) is 24.0 Å². The molecule has 0 aliphatic carbocycles. The van der Waals surface area contributed by atoms with Gasteiger partial charge < -0.3 is 24.4 Å². The highest BCUT2D eigenvalue weighted by molar-refractivity contribution is 14.1. The quantitative estimate of drug-likeness (QED) is 0.347. The Morgan fingerprint density at radius 3 is 2.54 bits per heavy atom. The molecule has 4 rings (SSSR count). The van der Waals surface area contributed by atoms with Crippen molar-refractivity contribution in [2.45, 2.75) is 0 Å². The summed E-state index contributed by atoms with van der Waals surface area (Å²) < 4.78 is 17.3. The summed E-state index contributed by atoms with van der Waals surface area (Å²) in [5.41, 5.74) is 1.17. The van der Waals surface area contributed by atoms with E-state index in [1.807, 2.05) is 12.1 Å². The monoisotopic (exact) mass is 637 g/mol. The van der Waals surface area contributed by atoms with E-state index in [1.165, 1.54) is 7.11 Å². The molecule has 2 aliphatic heterocycles. The smallest absolute Gasteiger partial charge is 0.294 e. The Kier molecular flexibility index (Phi) is 9.05. The zero-order chi connectivity index (χ0) is 26.4. The van der Waals surface area contributed by atoms with Crippen molar-refractivity contribution >= 4 is 69.1 Å². The number of carbonyl (C=O) groups excluding carboxylic acids is 4. The topological polar surface area (TPSA) is 114 Å². The maximum atomic E-state index is 12.8. The summed E-state index contributed by atoms with van der Waals surface area (Å²) >= 11 is 2.91. The second-order valence-electron chi connectivity index (χ2n) is 8.02. The fourth-order valence-electron chi connectivity index (χ4n) is 3.60. The first-order valence-electron chi connectivity index (χ1n) is 11.3. The van der Waals surface area contributed by atoms with Gasteiger partial charge in [0.2, 0.25) is 5.91 Å². The Hall–Kier alpha value is -3.10. The van der Waals surface area contributed by atoms with Crippen LogP contribution in [-0.4, -0.2) is 79.3 Å². The lowest BCUT2D eigenvalue weighted by Gasteiger charge is -2.26. The third-order valence-corrected chi connectivity index (χ3v) is 7.13. The number of halogens is 1. The highest BCUT2D eigenvalue weighted by Crippen LogP contribution is 2.34. The van der Waals surface area contributed by atoms with Crippen molar-refractivity contribution in [3.8, 4) is 11.5 Å². The summed E-state index contributed by atoms with van der Waals surface area (Å²) in [5.74, 6) is -0.418. The van der Waals surface area contributed by atoms with Gasteiger partial charge in [0.25, 0.3) is 17.1 Å². The van der Waals surface area contributed by atoms with E-state index >= 15 is 0 Å². The first kappa shape index (κ1) is 26.9. The minimum atomic E-state index is -0.553. The van der Waals surface area contributed by atoms with Gasteiger partial charge in [0.15, 0.2) is 18.1 Å². The SMILES string of the molecule is COc1cc(/C=C2\SC(=O)N(CC(=O)Nc3ccc(I)cc3)C2=O)ccc1OCC(=O)N1CCOCC1. The number of rotatable bonds is 8. The van der Waals surface area contributed by atoms with Crippen LogP contribution < -0.4 is 14.8 Å². The fraction of sp³-hybridized carbons (Fsp3) is 0.280. The molecule has 0 spiro atoms. The van der Waals surface area contributed by atoms with Crippen LogP contribution in [0.1, 0.15) is 5.56 Å². The second kappa shape index (κ2) is 12.4. The van der Waals surface area contributed by atoms with Crippen molar-refractivity contribution in [3.63, 3.8) is 0 Å². The molecule has 0 radical (unpaired) electrons. The zero-order valence-corrected chi connectivity index (χ0v) is 22.9. The van der Waals surface area contributed by atoms with Gasteiger partial charge in [0.1, 0.15) is 6.54 Å². The Morgan fingerprint density at radius 2 is 1.84 bits per heavy atom. The van der Waals surface area contributed by atoms with Gasteiger partial charge in [-0.3, -0.25) is 24.1 Å². The van der Waals surface area contributed by atoms with Crippen LogP contribution in [0.3, 0.4) is 0 Å². The van der Waals surface area contributed by atoms with Gasteiger partial charge in [0.05, 0.1) is 25.2 Å². The lowest BCUT2D eigenvalue weighted by molar-refractivity contribution is -0.137. The highest BCUT2D eigenvalue weighted by atomic mass is 127. The molecule has 2 saturated heterocycles. The molecular weight excluding hydrogens is 613 g/mol. The van der Waals surface area contributed by atoms with Gasteiger partial charge in [-0.25, -0.2) is 0 Å². The number of hydrogen-bond acceptors (Lipinski definition) is 8. The van der Waals surface area contributed by atoms with E-state index in [4.69, 9.17) is 14.2 Å². The maximum Gasteiger partial charge on any atom is 0.294 e. The first-order chi connectivity index (χ1) is 17.8. The molecule has 10 nitrogen and oxygen atoms in total. The molecule has 194 valence electrons. The number of hydrogen-bond donors (Lipinski definition) is 1. The van der Waals surface area contributed by atoms with Gasteiger partial charge in [-0.2, -0.15) is 0 Å². The summed E-state index contributed by atoms with van der Waals surface area (Å²) in [7, 11) is 1.47. The van der Waals surface area contributed by atoms with Gasteiger partial charge >= 0.3 is 0 Å². The molecule has 4 amide bonds. The molecular formula is C25H24IN3O7S. The van der Waals surface area contributed by atoms with Crippen LogP contribution >= 0.6 is 34.4 Å². The van der Waals surface area contributed by atoms with Gasteiger partial charge in [-0.1, -0.05) is 6.07 Å². The van der Waals surface area contributed by atoms with Crippen LogP contribution in [0.4, 0.5) is 10.5 Å². The molecule has 2 heterocycles. The fourth-order valence-corrected chi connectivity index (χ4v) is 4.80. The van der Waals surface area contributed by atoms with Crippen LogP contribution in [0.5, 0.6) is 11.5 Å². The Bertz CT molecular complexity index is 1230. The van der Waals surface area contributed by atoms with Crippen molar-refractivity contribution in [3.05, 3.63) is 56.5 Å². The van der Waals surface area contributed by atoms with Crippen LogP contribution in [0.15, 0.2) is 47.4 Å². The molecule has 12 heteroatoms. The highest BCUT2D eigenvalue weighted by Gasteiger charge is 2.36. The van der Waals surface area contributed by atoms with Crippen molar-refractivity contribution in [2.75, 3.05) is 51.9 Å². The normalized spacial score (nSPS) is 16.8. The number of methoxy groups -OCH3 is 1. The van der Waals surface area contributed by atoms with E-state index < -0.39 is 17.1 Å². The number of ether oxygens (including phenoxy) is 3. The van der Waals surface area contributed by atoms with Gasteiger partial charge in [-0.15, -0.1) is 0 Å². The lowest BCUT2D eigenvalue weighted by atomic mass is 10.2. The Labute approximate surface area is 231 Å². The lowest BCUT2D eigenvalue weighted by Crippen LogP contribution is -2.43. The molecule has 0 atom stereocenters. The molecule has 1 N–H and O–H groups in total. The van der Waals surface area contributed by atoms with Crippen LogP contribution in [0.25, 0.3) is 6.08 Å². The van der Waals surface area contributed by atoms with Crippen molar-refractivity contribution in [1.29, 1.82) is 0 Å². The third kappa shape index (κ3) is 7.02. The predicted octanol–water partition coefficient (Wildman–Crippen LogP) is 3.21. The largest absolute Gasteiger partial charge is 0.493 e. The first-order valence-corrected chi connectivity index (χ1v) is 13.2. The van der Waals surface area contributed by atoms with E-state index in [0.29, 0.717) is 49.1 Å². The molecule has 2 aliphatic rings. The predicted molar refractivity (Wildman–Crippen MR) is 146 cm³/mol. The van der Waals surface area contributed by atoms with Gasteiger partial charge in [0, 0.05) is 22.3 Å². The Morgan fingerprint density at radius 1 is 1.11 bits per heavy atom. The summed E-state index contributed by atoms with van der Waals surface area (Å²) in [6.45, 7) is 1.54. The van der Waals surface area contributed by atoms with Crippen molar-refractivity contribution in [2.24, 2.45) is 0 Å². The molecule has 0 saturated carbocycles. The molecule has 37 heavy (non-hydrogen) atoms. The van der Waals surface area contributed by atoms with Crippen LogP contribution in [0, 0.1) is 3.57 Å². The summed E-state index contributed by atoms with van der Waals surface area (Å²) in [5, 5.41) is 2.16. The third-order valence-electron chi connectivity index (χ3n) is 5.50. The standard InChI is InChI=1S/C25H24IN3O7S/c1-34-20-12-16(2-7-19(20)36-15-23(31)28-8-10-35-11-9-28)13-21-24(32)29(25(33)37-21)14-22(30)27-18-5-3-17(26)4-6-18/h2-7,12-13H,8-11,14-15H2,1H3,(H,27,30)/b21-13-. The minimum absolute atomic E-state index is 0.140. The van der Waals surface area contributed by atoms with Crippen molar-refractivity contribution in [1.82, 2.24) is 9.80 Å². The Balaban J connectivity index is 1.38. The minimum Gasteiger partial charge on any atom is -0.493 e. The van der Waals surface area contributed by atoms with Gasteiger partial charge in [-0.05, 0) is 82.4 Å². The van der Waals surface area contributed by atoms with Crippen LogP contribution in [-0.2, 0) is 19.1 Å². The zero-order valence-electron chi connectivity index (χ0n) is 19.9. The van der Waals surface area contributed by atoms with Crippen LogP contribution in [0.2, 0.25) is 0 Å². The van der Waals surface area contributed by atoms with E-state index in [9.17, 15) is 19.2 Å². The average molecular weight is 637 g/mol. The number of nitrogens with one attached hydrogen (secondary N) is 1. The summed E-state index contributed by atoms with van der Waals surface area (Å²) in [4.78, 5) is 52.8. The molecule has 0 unspecified atom stereocenters. The molecule has 0 bridgehead atoms. The number of benzene rings is 2. The number of morpholine rings is 1. The molecule has 0 aromatic heterocycles. The second-order valence-corrected chi connectivity index (χ2v) is 10.3. The summed E-state index contributed by atoms with van der Waals surface area (Å²) in [6, 6.07) is 12.1. The number of thioether (sulfide) groups is 1. The van der Waals surface area contributed by atoms with E-state index in [1.54, 1.807) is 41.3 Å². The van der Waals surface area contributed by atoms with E-state index in [2.05, 4.69) is 27.9 Å². The number of anilines is 1. The number of carbonyl (C=O) groups is 4.